The van der Waals surface area contributed by atoms with Crippen LogP contribution in [0.1, 0.15) is 168 Å². The molecule has 2 atom stereocenters. The van der Waals surface area contributed by atoms with Crippen molar-refractivity contribution in [3.8, 4) is 0 Å². The number of nitrogens with one attached hydrogen (secondary N) is 1. The van der Waals surface area contributed by atoms with E-state index in [9.17, 15) is 19.0 Å². The summed E-state index contributed by atoms with van der Waals surface area (Å²) in [5.41, 5.74) is 0. The zero-order valence-corrected chi connectivity index (χ0v) is 34.1. The van der Waals surface area contributed by atoms with Crippen LogP contribution in [-0.2, 0) is 32.7 Å². The maximum atomic E-state index is 12.6. The van der Waals surface area contributed by atoms with Gasteiger partial charge in [0.05, 0.1) is 13.2 Å². The van der Waals surface area contributed by atoms with Crippen LogP contribution in [-0.4, -0.2) is 56.3 Å². The number of hydrogen-bond donors (Lipinski definition) is 2. The number of allylic oxidation sites excluding steroid dienone is 8. The topological polar surface area (TPSA) is 120 Å². The second-order valence-electron chi connectivity index (χ2n) is 13.5. The van der Waals surface area contributed by atoms with E-state index in [-0.39, 0.29) is 26.1 Å². The van der Waals surface area contributed by atoms with E-state index in [0.29, 0.717) is 13.0 Å². The molecule has 0 aliphatic heterocycles. The lowest BCUT2D eigenvalue weighted by atomic mass is 10.1. The maximum Gasteiger partial charge on any atom is 0.472 e. The van der Waals surface area contributed by atoms with Gasteiger partial charge in [0, 0.05) is 19.4 Å². The Kier molecular flexibility index (Phi) is 37.2. The zero-order valence-electron chi connectivity index (χ0n) is 33.2. The predicted octanol–water partition coefficient (Wildman–Crippen LogP) is 11.4. The van der Waals surface area contributed by atoms with Crippen LogP contribution in [0.4, 0.5) is 0 Å². The number of carbonyl (C=O) groups excluding carboxylic acids is 2. The summed E-state index contributed by atoms with van der Waals surface area (Å²) in [5.74, 6) is -0.842. The van der Waals surface area contributed by atoms with Gasteiger partial charge in [-0.2, -0.15) is 0 Å². The van der Waals surface area contributed by atoms with Gasteiger partial charge in [-0.1, -0.05) is 127 Å². The highest BCUT2D eigenvalue weighted by Crippen LogP contribution is 2.43. The van der Waals surface area contributed by atoms with E-state index in [0.717, 1.165) is 83.5 Å². The van der Waals surface area contributed by atoms with E-state index in [1.807, 2.05) is 0 Å². The number of carbonyl (C=O) groups is 2. The lowest BCUT2D eigenvalue weighted by Gasteiger charge is -2.20. The third-order valence-electron chi connectivity index (χ3n) is 8.42. The molecule has 0 bridgehead atoms. The largest absolute Gasteiger partial charge is 0.472 e. The summed E-state index contributed by atoms with van der Waals surface area (Å²) in [7, 11) is -2.66. The molecule has 0 radical (unpaired) electrons. The molecule has 10 heteroatoms. The molecular formula is C42H76NO8P. The minimum absolute atomic E-state index is 0.0237. The molecule has 0 aliphatic rings. The van der Waals surface area contributed by atoms with E-state index in [1.165, 1.54) is 51.4 Å². The SMILES string of the molecule is CCCCC/C=C\C/C=C\CCCCCCCC(=O)OCC(COP(=O)(O)OCCNC)OC(=O)CCCCCCC/C=C\C/C=C\CCCCC. The zero-order chi connectivity index (χ0) is 38.2. The van der Waals surface area contributed by atoms with Crippen LogP contribution in [0, 0.1) is 0 Å². The van der Waals surface area contributed by atoms with Gasteiger partial charge in [0.1, 0.15) is 6.61 Å². The minimum Gasteiger partial charge on any atom is -0.462 e. The number of phosphoric ester groups is 1. The van der Waals surface area contributed by atoms with Gasteiger partial charge < -0.3 is 19.7 Å². The van der Waals surface area contributed by atoms with E-state index in [1.54, 1.807) is 7.05 Å². The third kappa shape index (κ3) is 37.7. The molecule has 0 aromatic rings. The summed E-state index contributed by atoms with van der Waals surface area (Å²) >= 11 is 0. The summed E-state index contributed by atoms with van der Waals surface area (Å²) in [6.07, 6.45) is 41.5. The standard InChI is InChI=1S/C42H76NO8P/c1-4-6-8-10-12-14-16-18-20-22-24-26-28-30-32-34-41(44)48-38-40(39-50-52(46,47)49-37-36-43-3)51-42(45)35-33-31-29-27-25-23-21-19-17-15-13-11-9-7-5-2/h12-15,18-21,40,43H,4-11,16-17,22-39H2,1-3H3,(H,46,47)/b14-12-,15-13-,20-18-,21-19-. The Bertz CT molecular complexity index is 996. The van der Waals surface area contributed by atoms with Gasteiger partial charge in [-0.15, -0.1) is 0 Å². The first-order valence-corrected chi connectivity index (χ1v) is 22.1. The highest BCUT2D eigenvalue weighted by atomic mass is 31.2. The van der Waals surface area contributed by atoms with Crippen LogP contribution in [0.15, 0.2) is 48.6 Å². The molecule has 0 aromatic carbocycles. The van der Waals surface area contributed by atoms with Crippen LogP contribution < -0.4 is 5.32 Å². The molecule has 0 heterocycles. The molecule has 0 aromatic heterocycles. The van der Waals surface area contributed by atoms with Crippen molar-refractivity contribution in [2.24, 2.45) is 0 Å². The van der Waals surface area contributed by atoms with Crippen molar-refractivity contribution in [1.82, 2.24) is 5.32 Å². The number of ether oxygens (including phenoxy) is 2. The Hall–Kier alpha value is -2.03. The van der Waals surface area contributed by atoms with E-state index in [2.05, 4.69) is 67.8 Å². The molecule has 9 nitrogen and oxygen atoms in total. The Labute approximate surface area is 318 Å². The highest BCUT2D eigenvalue weighted by Gasteiger charge is 2.26. The molecule has 0 fully saturated rings. The second kappa shape index (κ2) is 38.7. The fourth-order valence-electron chi connectivity index (χ4n) is 5.26. The Balaban J connectivity index is 4.31. The van der Waals surface area contributed by atoms with E-state index < -0.39 is 32.5 Å². The number of rotatable bonds is 38. The van der Waals surface area contributed by atoms with Crippen LogP contribution in [0.2, 0.25) is 0 Å². The maximum absolute atomic E-state index is 12.6. The van der Waals surface area contributed by atoms with E-state index >= 15 is 0 Å². The molecule has 0 saturated carbocycles. The third-order valence-corrected chi connectivity index (χ3v) is 9.41. The van der Waals surface area contributed by atoms with Crippen LogP contribution >= 0.6 is 7.82 Å². The average Bonchev–Trinajstić information content (AvgIpc) is 3.12. The highest BCUT2D eigenvalue weighted by molar-refractivity contribution is 7.47. The quantitative estimate of drug-likeness (QED) is 0.0275. The number of unbranched alkanes of at least 4 members (excludes halogenated alkanes) is 16. The van der Waals surface area contributed by atoms with Crippen LogP contribution in [0.25, 0.3) is 0 Å². The first kappa shape index (κ1) is 50.0. The summed E-state index contributed by atoms with van der Waals surface area (Å²) in [4.78, 5) is 35.0. The molecule has 0 amide bonds. The molecule has 2 unspecified atom stereocenters. The van der Waals surface area contributed by atoms with Gasteiger partial charge in [0.25, 0.3) is 0 Å². The van der Waals surface area contributed by atoms with Crippen molar-refractivity contribution in [2.75, 3.05) is 33.4 Å². The fraction of sp³-hybridized carbons (Fsp3) is 0.762. The smallest absolute Gasteiger partial charge is 0.462 e. The summed E-state index contributed by atoms with van der Waals surface area (Å²) in [6.45, 7) is 4.13. The van der Waals surface area contributed by atoms with Crippen molar-refractivity contribution in [3.63, 3.8) is 0 Å². The lowest BCUT2D eigenvalue weighted by molar-refractivity contribution is -0.161. The van der Waals surface area contributed by atoms with Crippen molar-refractivity contribution in [1.29, 1.82) is 0 Å². The molecule has 0 saturated heterocycles. The summed E-state index contributed by atoms with van der Waals surface area (Å²) in [5, 5.41) is 2.82. The summed E-state index contributed by atoms with van der Waals surface area (Å²) in [6, 6.07) is 0. The van der Waals surface area contributed by atoms with Gasteiger partial charge in [0.15, 0.2) is 6.10 Å². The monoisotopic (exact) mass is 754 g/mol. The van der Waals surface area contributed by atoms with Gasteiger partial charge >= 0.3 is 19.8 Å². The van der Waals surface area contributed by atoms with Gasteiger partial charge in [0.2, 0.25) is 0 Å². The molecule has 2 N–H and O–H groups in total. The molecule has 302 valence electrons. The lowest BCUT2D eigenvalue weighted by Crippen LogP contribution is -2.29. The van der Waals surface area contributed by atoms with Crippen molar-refractivity contribution < 1.29 is 37.6 Å². The van der Waals surface area contributed by atoms with Crippen LogP contribution in [0.3, 0.4) is 0 Å². The van der Waals surface area contributed by atoms with E-state index in [4.69, 9.17) is 18.5 Å². The number of hydrogen-bond acceptors (Lipinski definition) is 8. The number of likely N-dealkylation sites (N-methyl/N-ethyl adjacent to an activating group) is 1. The van der Waals surface area contributed by atoms with Gasteiger partial charge in [-0.05, 0) is 84.1 Å². The normalized spacial score (nSPS) is 13.8. The Morgan fingerprint density at radius 1 is 0.596 bits per heavy atom. The first-order valence-electron chi connectivity index (χ1n) is 20.6. The van der Waals surface area contributed by atoms with Crippen LogP contribution in [0.5, 0.6) is 0 Å². The molecule has 52 heavy (non-hydrogen) atoms. The Morgan fingerprint density at radius 2 is 1.04 bits per heavy atom. The number of phosphoric acid groups is 1. The fourth-order valence-corrected chi connectivity index (χ4v) is 6.01. The second-order valence-corrected chi connectivity index (χ2v) is 14.9. The Morgan fingerprint density at radius 3 is 1.52 bits per heavy atom. The molecule has 0 rings (SSSR count). The van der Waals surface area contributed by atoms with Crippen molar-refractivity contribution in [2.45, 2.75) is 174 Å². The van der Waals surface area contributed by atoms with Crippen molar-refractivity contribution >= 4 is 19.8 Å². The van der Waals surface area contributed by atoms with Gasteiger partial charge in [-0.25, -0.2) is 4.57 Å². The molecule has 0 aliphatic carbocycles. The summed E-state index contributed by atoms with van der Waals surface area (Å²) < 4.78 is 33.1. The molecule has 0 spiro atoms. The van der Waals surface area contributed by atoms with Gasteiger partial charge in [-0.3, -0.25) is 18.6 Å². The molecular weight excluding hydrogens is 677 g/mol. The van der Waals surface area contributed by atoms with Crippen molar-refractivity contribution in [3.05, 3.63) is 48.6 Å². The predicted molar refractivity (Wildman–Crippen MR) is 215 cm³/mol. The average molecular weight is 754 g/mol. The number of esters is 2. The minimum atomic E-state index is -4.35. The first-order chi connectivity index (χ1) is 25.3.